The first-order valence-corrected chi connectivity index (χ1v) is 13.4. The van der Waals surface area contributed by atoms with Gasteiger partial charge >= 0.3 is 6.03 Å². The predicted molar refractivity (Wildman–Crippen MR) is 147 cm³/mol. The Morgan fingerprint density at radius 3 is 2.51 bits per heavy atom. The summed E-state index contributed by atoms with van der Waals surface area (Å²) in [5.41, 5.74) is 1.77. The SMILES string of the molecule is COc1cc(NC(=O)NCCCCN2CCCN(c3csc4cc(F)ccc34)CC2)cc(OC)c1OC. The minimum atomic E-state index is -0.275. The fourth-order valence-electron chi connectivity index (χ4n) is 4.66. The molecule has 0 atom stereocenters. The molecular weight excluding hydrogens is 495 g/mol. The van der Waals surface area contributed by atoms with Crippen molar-refractivity contribution in [2.75, 3.05) is 70.8 Å². The van der Waals surface area contributed by atoms with Crippen molar-refractivity contribution in [2.45, 2.75) is 19.3 Å². The van der Waals surface area contributed by atoms with E-state index >= 15 is 0 Å². The van der Waals surface area contributed by atoms with E-state index in [0.29, 0.717) is 29.5 Å². The lowest BCUT2D eigenvalue weighted by Gasteiger charge is -2.23. The Kier molecular flexibility index (Phi) is 9.29. The Morgan fingerprint density at radius 1 is 1.00 bits per heavy atom. The molecule has 0 unspecified atom stereocenters. The molecule has 2 N–H and O–H groups in total. The number of ether oxygens (including phenoxy) is 3. The highest BCUT2D eigenvalue weighted by Gasteiger charge is 2.18. The molecule has 0 spiro atoms. The van der Waals surface area contributed by atoms with Crippen molar-refractivity contribution in [3.8, 4) is 17.2 Å². The molecule has 3 aromatic rings. The van der Waals surface area contributed by atoms with Gasteiger partial charge in [0.15, 0.2) is 11.5 Å². The average Bonchev–Trinajstić information content (AvgIpc) is 3.17. The molecule has 0 radical (unpaired) electrons. The number of carbonyl (C=O) groups is 1. The third-order valence-corrected chi connectivity index (χ3v) is 7.49. The van der Waals surface area contributed by atoms with Gasteiger partial charge in [-0.1, -0.05) is 0 Å². The molecule has 1 fully saturated rings. The van der Waals surface area contributed by atoms with E-state index in [1.165, 1.54) is 27.0 Å². The van der Waals surface area contributed by atoms with Crippen molar-refractivity contribution in [2.24, 2.45) is 0 Å². The molecule has 0 bridgehead atoms. The Morgan fingerprint density at radius 2 is 1.78 bits per heavy atom. The lowest BCUT2D eigenvalue weighted by atomic mass is 10.2. The number of thiophene rings is 1. The van der Waals surface area contributed by atoms with E-state index in [1.807, 2.05) is 6.07 Å². The third-order valence-electron chi connectivity index (χ3n) is 6.56. The molecule has 10 heteroatoms. The summed E-state index contributed by atoms with van der Waals surface area (Å²) < 4.78 is 30.5. The number of methoxy groups -OCH3 is 3. The summed E-state index contributed by atoms with van der Waals surface area (Å²) in [4.78, 5) is 17.3. The number of urea groups is 1. The highest BCUT2D eigenvalue weighted by molar-refractivity contribution is 7.17. The summed E-state index contributed by atoms with van der Waals surface area (Å²) >= 11 is 1.60. The largest absolute Gasteiger partial charge is 0.493 e. The van der Waals surface area contributed by atoms with E-state index in [0.717, 1.165) is 62.1 Å². The normalized spacial score (nSPS) is 14.3. The first-order valence-electron chi connectivity index (χ1n) is 12.5. The van der Waals surface area contributed by atoms with Gasteiger partial charge in [-0.15, -0.1) is 11.3 Å². The molecule has 1 saturated heterocycles. The van der Waals surface area contributed by atoms with Gasteiger partial charge in [0, 0.05) is 53.8 Å². The van der Waals surface area contributed by atoms with Crippen LogP contribution in [0.15, 0.2) is 35.7 Å². The van der Waals surface area contributed by atoms with Crippen molar-refractivity contribution in [1.29, 1.82) is 0 Å². The van der Waals surface area contributed by atoms with Gasteiger partial charge in [0.2, 0.25) is 5.75 Å². The second-order valence-corrected chi connectivity index (χ2v) is 9.86. The van der Waals surface area contributed by atoms with Crippen LogP contribution in [-0.4, -0.2) is 71.5 Å². The van der Waals surface area contributed by atoms with E-state index < -0.39 is 0 Å². The van der Waals surface area contributed by atoms with Gasteiger partial charge in [-0.3, -0.25) is 0 Å². The van der Waals surface area contributed by atoms with Crippen LogP contribution in [0.4, 0.5) is 20.6 Å². The van der Waals surface area contributed by atoms with Crippen LogP contribution in [0.2, 0.25) is 0 Å². The summed E-state index contributed by atoms with van der Waals surface area (Å²) in [5, 5.41) is 9.02. The summed E-state index contributed by atoms with van der Waals surface area (Å²) in [6.45, 7) is 5.60. The topological polar surface area (TPSA) is 75.3 Å². The van der Waals surface area contributed by atoms with Crippen molar-refractivity contribution in [3.05, 3.63) is 41.5 Å². The molecule has 1 aliphatic heterocycles. The van der Waals surface area contributed by atoms with Crippen molar-refractivity contribution in [1.82, 2.24) is 10.2 Å². The number of nitrogens with zero attached hydrogens (tertiary/aromatic N) is 2. The van der Waals surface area contributed by atoms with Crippen LogP contribution >= 0.6 is 11.3 Å². The van der Waals surface area contributed by atoms with Gasteiger partial charge < -0.3 is 34.6 Å². The summed E-state index contributed by atoms with van der Waals surface area (Å²) in [5.74, 6) is 1.26. The first-order chi connectivity index (χ1) is 18.0. The summed E-state index contributed by atoms with van der Waals surface area (Å²) in [7, 11) is 4.61. The number of nitrogens with one attached hydrogen (secondary N) is 2. The Balaban J connectivity index is 1.18. The molecule has 1 aromatic heterocycles. The molecule has 37 heavy (non-hydrogen) atoms. The monoisotopic (exact) mass is 530 g/mol. The minimum Gasteiger partial charge on any atom is -0.493 e. The quantitative estimate of drug-likeness (QED) is 0.352. The lowest BCUT2D eigenvalue weighted by molar-refractivity contribution is 0.251. The fraction of sp³-hybridized carbons (Fsp3) is 0.444. The lowest BCUT2D eigenvalue weighted by Crippen LogP contribution is -2.32. The molecule has 4 rings (SSSR count). The number of amides is 2. The molecule has 2 aromatic carbocycles. The van der Waals surface area contributed by atoms with E-state index in [2.05, 4.69) is 25.8 Å². The van der Waals surface area contributed by atoms with Crippen molar-refractivity contribution < 1.29 is 23.4 Å². The van der Waals surface area contributed by atoms with Crippen LogP contribution < -0.4 is 29.7 Å². The van der Waals surface area contributed by atoms with Crippen LogP contribution in [0.5, 0.6) is 17.2 Å². The Labute approximate surface area is 221 Å². The van der Waals surface area contributed by atoms with Gasteiger partial charge in [0.1, 0.15) is 5.82 Å². The maximum atomic E-state index is 13.5. The zero-order chi connectivity index (χ0) is 26.2. The highest BCUT2D eigenvalue weighted by Crippen LogP contribution is 2.40. The first kappa shape index (κ1) is 26.8. The molecule has 8 nitrogen and oxygen atoms in total. The predicted octanol–water partition coefficient (Wildman–Crippen LogP) is 5.18. The zero-order valence-corrected chi connectivity index (χ0v) is 22.5. The van der Waals surface area contributed by atoms with Crippen LogP contribution in [-0.2, 0) is 0 Å². The van der Waals surface area contributed by atoms with Crippen molar-refractivity contribution >= 4 is 38.8 Å². The number of carbonyl (C=O) groups excluding carboxylic acids is 1. The maximum absolute atomic E-state index is 13.5. The second-order valence-electron chi connectivity index (χ2n) is 8.95. The number of fused-ring (bicyclic) bond motifs is 1. The van der Waals surface area contributed by atoms with Crippen LogP contribution in [0, 0.1) is 5.82 Å². The second kappa shape index (κ2) is 12.8. The summed E-state index contributed by atoms with van der Waals surface area (Å²) in [6, 6.07) is 8.17. The number of rotatable bonds is 10. The Hall–Kier alpha value is -3.24. The third kappa shape index (κ3) is 6.75. The number of hydrogen-bond donors (Lipinski definition) is 2. The van der Waals surface area contributed by atoms with E-state index in [9.17, 15) is 9.18 Å². The van der Waals surface area contributed by atoms with E-state index in [1.54, 1.807) is 35.6 Å². The van der Waals surface area contributed by atoms with Crippen molar-refractivity contribution in [3.63, 3.8) is 0 Å². The van der Waals surface area contributed by atoms with Gasteiger partial charge in [-0.05, 0) is 50.6 Å². The van der Waals surface area contributed by atoms with Crippen LogP contribution in [0.3, 0.4) is 0 Å². The average molecular weight is 531 g/mol. The highest BCUT2D eigenvalue weighted by atomic mass is 32.1. The van der Waals surface area contributed by atoms with E-state index in [-0.39, 0.29) is 11.8 Å². The minimum absolute atomic E-state index is 0.184. The number of hydrogen-bond acceptors (Lipinski definition) is 7. The number of benzene rings is 2. The number of anilines is 2. The fourth-order valence-corrected chi connectivity index (χ4v) is 5.65. The molecule has 200 valence electrons. The number of unbranched alkanes of at least 4 members (excludes halogenated alkanes) is 1. The smallest absolute Gasteiger partial charge is 0.319 e. The summed E-state index contributed by atoms with van der Waals surface area (Å²) in [6.07, 6.45) is 2.99. The molecule has 0 aliphatic carbocycles. The van der Waals surface area contributed by atoms with E-state index in [4.69, 9.17) is 14.2 Å². The van der Waals surface area contributed by atoms with Gasteiger partial charge in [-0.25, -0.2) is 9.18 Å². The van der Waals surface area contributed by atoms with Crippen LogP contribution in [0.1, 0.15) is 19.3 Å². The molecule has 2 amide bonds. The molecule has 2 heterocycles. The van der Waals surface area contributed by atoms with Gasteiger partial charge in [0.25, 0.3) is 0 Å². The number of halogens is 1. The molecule has 0 saturated carbocycles. The maximum Gasteiger partial charge on any atom is 0.319 e. The van der Waals surface area contributed by atoms with Gasteiger partial charge in [0.05, 0.1) is 32.7 Å². The zero-order valence-electron chi connectivity index (χ0n) is 21.6. The van der Waals surface area contributed by atoms with Gasteiger partial charge in [-0.2, -0.15) is 0 Å². The molecular formula is C27H35FN4O4S. The standard InChI is InChI=1S/C27H35FN4O4S/c1-34-23-16-20(17-24(35-2)26(23)36-3)30-27(33)29-9-4-5-10-31-11-6-12-32(14-13-31)22-18-37-25-15-19(28)7-8-21(22)25/h7-8,15-18H,4-6,9-14H2,1-3H3,(H2,29,30,33). The molecule has 1 aliphatic rings. The van der Waals surface area contributed by atoms with Crippen LogP contribution in [0.25, 0.3) is 10.1 Å². The Bertz CT molecular complexity index is 1180.